The molecule has 6 heteroatoms. The Bertz CT molecular complexity index is 772. The summed E-state index contributed by atoms with van der Waals surface area (Å²) >= 11 is 0. The number of hydrogen-bond acceptors (Lipinski definition) is 4. The number of benzene rings is 1. The number of aromatic amines is 1. The molecule has 0 unspecified atom stereocenters. The van der Waals surface area contributed by atoms with Gasteiger partial charge in [0.05, 0.1) is 0 Å². The lowest BCUT2D eigenvalue weighted by molar-refractivity contribution is 0.908. The SMILES string of the molecule is Cn1c(N)nc(=O)c2[nH]c(-c3ccccc3)nc21. The third-order valence-corrected chi connectivity index (χ3v) is 2.82. The summed E-state index contributed by atoms with van der Waals surface area (Å²) in [7, 11) is 1.72. The molecule has 6 nitrogen and oxygen atoms in total. The van der Waals surface area contributed by atoms with E-state index in [0.29, 0.717) is 17.0 Å². The minimum Gasteiger partial charge on any atom is -0.369 e. The molecule has 2 aromatic heterocycles. The van der Waals surface area contributed by atoms with E-state index in [0.717, 1.165) is 5.56 Å². The molecule has 0 radical (unpaired) electrons. The van der Waals surface area contributed by atoms with Gasteiger partial charge in [0, 0.05) is 12.6 Å². The molecule has 3 rings (SSSR count). The minimum absolute atomic E-state index is 0.151. The zero-order chi connectivity index (χ0) is 12.7. The number of fused-ring (bicyclic) bond motifs is 1. The van der Waals surface area contributed by atoms with Gasteiger partial charge in [0.25, 0.3) is 0 Å². The number of anilines is 1. The second-order valence-corrected chi connectivity index (χ2v) is 3.98. The van der Waals surface area contributed by atoms with Crippen molar-refractivity contribution in [1.29, 1.82) is 0 Å². The Labute approximate surface area is 102 Å². The van der Waals surface area contributed by atoms with E-state index in [1.54, 1.807) is 11.6 Å². The van der Waals surface area contributed by atoms with Crippen LogP contribution in [0.3, 0.4) is 0 Å². The summed E-state index contributed by atoms with van der Waals surface area (Å²) in [6.07, 6.45) is 0. The van der Waals surface area contributed by atoms with Crippen molar-refractivity contribution in [1.82, 2.24) is 19.5 Å². The number of nitrogens with zero attached hydrogens (tertiary/aromatic N) is 3. The minimum atomic E-state index is -0.393. The molecule has 1 aromatic carbocycles. The number of H-pyrrole nitrogens is 1. The maximum Gasteiger partial charge on any atom is 0.300 e. The van der Waals surface area contributed by atoms with Gasteiger partial charge in [0.2, 0.25) is 5.95 Å². The molecule has 0 aliphatic rings. The second-order valence-electron chi connectivity index (χ2n) is 3.98. The Morgan fingerprint density at radius 1 is 1.22 bits per heavy atom. The summed E-state index contributed by atoms with van der Waals surface area (Å²) in [6, 6.07) is 9.57. The Balaban J connectivity index is 2.33. The summed E-state index contributed by atoms with van der Waals surface area (Å²) in [5, 5.41) is 0. The van der Waals surface area contributed by atoms with Gasteiger partial charge >= 0.3 is 5.56 Å². The highest BCUT2D eigenvalue weighted by molar-refractivity contribution is 5.76. The number of aromatic nitrogens is 4. The molecule has 0 atom stereocenters. The third-order valence-electron chi connectivity index (χ3n) is 2.82. The van der Waals surface area contributed by atoms with Gasteiger partial charge in [0.15, 0.2) is 11.2 Å². The molecule has 0 aliphatic heterocycles. The van der Waals surface area contributed by atoms with Crippen LogP contribution in [0, 0.1) is 0 Å². The smallest absolute Gasteiger partial charge is 0.300 e. The van der Waals surface area contributed by atoms with Crippen LogP contribution in [0.1, 0.15) is 0 Å². The number of nitrogens with two attached hydrogens (primary N) is 1. The standard InChI is InChI=1S/C12H11N5O/c1-17-10-8(11(18)16-12(17)13)14-9(15-10)7-5-3-2-4-6-7/h2-6H,1H3,(H,14,15)(H2,13,16,18). The topological polar surface area (TPSA) is 89.6 Å². The number of nitrogen functional groups attached to an aromatic ring is 1. The lowest BCUT2D eigenvalue weighted by Crippen LogP contribution is -2.15. The first-order valence-electron chi connectivity index (χ1n) is 5.44. The molecule has 0 fully saturated rings. The second kappa shape index (κ2) is 3.69. The highest BCUT2D eigenvalue weighted by Crippen LogP contribution is 2.18. The molecule has 3 aromatic rings. The predicted molar refractivity (Wildman–Crippen MR) is 69.0 cm³/mol. The normalized spacial score (nSPS) is 10.9. The molecular weight excluding hydrogens is 230 g/mol. The van der Waals surface area contributed by atoms with Crippen molar-refractivity contribution < 1.29 is 0 Å². The largest absolute Gasteiger partial charge is 0.369 e. The van der Waals surface area contributed by atoms with Crippen molar-refractivity contribution in [3.05, 3.63) is 40.7 Å². The van der Waals surface area contributed by atoms with Crippen LogP contribution in [0.15, 0.2) is 35.1 Å². The predicted octanol–water partition coefficient (Wildman–Crippen LogP) is 0.906. The van der Waals surface area contributed by atoms with Gasteiger partial charge in [-0.05, 0) is 0 Å². The molecule has 0 spiro atoms. The number of hydrogen-bond donors (Lipinski definition) is 2. The molecule has 0 amide bonds. The maximum absolute atomic E-state index is 11.7. The molecule has 0 aliphatic carbocycles. The lowest BCUT2D eigenvalue weighted by atomic mass is 10.2. The van der Waals surface area contributed by atoms with Crippen LogP contribution < -0.4 is 11.3 Å². The van der Waals surface area contributed by atoms with Gasteiger partial charge in [-0.1, -0.05) is 30.3 Å². The molecule has 2 heterocycles. The van der Waals surface area contributed by atoms with Gasteiger partial charge in [0.1, 0.15) is 5.82 Å². The average molecular weight is 241 g/mol. The van der Waals surface area contributed by atoms with Crippen LogP contribution >= 0.6 is 0 Å². The quantitative estimate of drug-likeness (QED) is 0.662. The zero-order valence-electron chi connectivity index (χ0n) is 9.71. The van der Waals surface area contributed by atoms with Crippen molar-refractivity contribution in [2.24, 2.45) is 7.05 Å². The fourth-order valence-corrected chi connectivity index (χ4v) is 1.83. The van der Waals surface area contributed by atoms with Gasteiger partial charge in [-0.3, -0.25) is 9.36 Å². The Morgan fingerprint density at radius 2 is 1.94 bits per heavy atom. The Hall–Kier alpha value is -2.63. The summed E-state index contributed by atoms with van der Waals surface area (Å²) in [5.74, 6) is 0.782. The molecule has 3 N–H and O–H groups in total. The molecule has 0 saturated carbocycles. The van der Waals surface area contributed by atoms with E-state index in [1.807, 2.05) is 30.3 Å². The van der Waals surface area contributed by atoms with Crippen LogP contribution in [0.25, 0.3) is 22.6 Å². The van der Waals surface area contributed by atoms with Crippen molar-refractivity contribution in [3.63, 3.8) is 0 Å². The zero-order valence-corrected chi connectivity index (χ0v) is 9.71. The van der Waals surface area contributed by atoms with Gasteiger partial charge < -0.3 is 10.7 Å². The van der Waals surface area contributed by atoms with Gasteiger partial charge in [-0.2, -0.15) is 4.98 Å². The van der Waals surface area contributed by atoms with E-state index in [-0.39, 0.29) is 5.95 Å². The summed E-state index contributed by atoms with van der Waals surface area (Å²) in [4.78, 5) is 22.8. The highest BCUT2D eigenvalue weighted by atomic mass is 16.1. The fourth-order valence-electron chi connectivity index (χ4n) is 1.83. The summed E-state index contributed by atoms with van der Waals surface area (Å²) in [6.45, 7) is 0. The molecular formula is C12H11N5O. The maximum atomic E-state index is 11.7. The first-order chi connectivity index (χ1) is 8.66. The first-order valence-corrected chi connectivity index (χ1v) is 5.44. The van der Waals surface area contributed by atoms with E-state index >= 15 is 0 Å². The van der Waals surface area contributed by atoms with E-state index < -0.39 is 5.56 Å². The first kappa shape index (κ1) is 10.5. The number of nitrogens with one attached hydrogen (secondary N) is 1. The van der Waals surface area contributed by atoms with Crippen molar-refractivity contribution in [3.8, 4) is 11.4 Å². The van der Waals surface area contributed by atoms with E-state index in [9.17, 15) is 4.79 Å². The third kappa shape index (κ3) is 1.46. The lowest BCUT2D eigenvalue weighted by Gasteiger charge is -2.00. The fraction of sp³-hybridized carbons (Fsp3) is 0.0833. The molecule has 90 valence electrons. The van der Waals surface area contributed by atoms with Crippen LogP contribution in [0.5, 0.6) is 0 Å². The van der Waals surface area contributed by atoms with Crippen LogP contribution in [-0.2, 0) is 7.05 Å². The van der Waals surface area contributed by atoms with Crippen molar-refractivity contribution in [2.75, 3.05) is 5.73 Å². The van der Waals surface area contributed by atoms with Crippen LogP contribution in [0.4, 0.5) is 5.95 Å². The van der Waals surface area contributed by atoms with Crippen LogP contribution in [0.2, 0.25) is 0 Å². The summed E-state index contributed by atoms with van der Waals surface area (Å²) in [5.41, 5.74) is 7.02. The molecule has 18 heavy (non-hydrogen) atoms. The van der Waals surface area contributed by atoms with E-state index in [1.165, 1.54) is 0 Å². The monoisotopic (exact) mass is 241 g/mol. The van der Waals surface area contributed by atoms with E-state index in [4.69, 9.17) is 5.73 Å². The Kier molecular flexibility index (Phi) is 2.16. The molecule has 0 bridgehead atoms. The average Bonchev–Trinajstić information content (AvgIpc) is 2.83. The van der Waals surface area contributed by atoms with Gasteiger partial charge in [-0.15, -0.1) is 0 Å². The van der Waals surface area contributed by atoms with Gasteiger partial charge in [-0.25, -0.2) is 4.98 Å². The van der Waals surface area contributed by atoms with E-state index in [2.05, 4.69) is 15.0 Å². The molecule has 0 saturated heterocycles. The van der Waals surface area contributed by atoms with Crippen molar-refractivity contribution in [2.45, 2.75) is 0 Å². The number of aryl methyl sites for hydroxylation is 1. The van der Waals surface area contributed by atoms with Crippen LogP contribution in [-0.4, -0.2) is 19.5 Å². The van der Waals surface area contributed by atoms with Crippen molar-refractivity contribution >= 4 is 17.1 Å². The number of rotatable bonds is 1. The number of imidazole rings is 1. The highest BCUT2D eigenvalue weighted by Gasteiger charge is 2.12. The summed E-state index contributed by atoms with van der Waals surface area (Å²) < 4.78 is 1.58. The Morgan fingerprint density at radius 3 is 2.67 bits per heavy atom.